The van der Waals surface area contributed by atoms with E-state index < -0.39 is 5.38 Å². The molecule has 0 bridgehead atoms. The maximum Gasteiger partial charge on any atom is 0.137 e. The van der Waals surface area contributed by atoms with Crippen LogP contribution in [0.1, 0.15) is 27.6 Å². The second-order valence-electron chi connectivity index (χ2n) is 4.49. The van der Waals surface area contributed by atoms with Crippen molar-refractivity contribution in [3.05, 3.63) is 68.7 Å². The molecule has 2 aromatic rings. The SMILES string of the molecule is Cc1cc(F)cc(C)c1C(Cl)c1ccc(Br)c(F)c1. The highest BCUT2D eigenvalue weighted by atomic mass is 79.9. The van der Waals surface area contributed by atoms with Gasteiger partial charge in [0, 0.05) is 0 Å². The van der Waals surface area contributed by atoms with Crippen LogP contribution in [0, 0.1) is 25.5 Å². The Morgan fingerprint density at radius 2 is 1.63 bits per heavy atom. The van der Waals surface area contributed by atoms with Crippen molar-refractivity contribution >= 4 is 27.5 Å². The molecule has 1 atom stereocenters. The van der Waals surface area contributed by atoms with Gasteiger partial charge < -0.3 is 0 Å². The maximum absolute atomic E-state index is 13.6. The lowest BCUT2D eigenvalue weighted by atomic mass is 9.95. The van der Waals surface area contributed by atoms with Crippen LogP contribution in [-0.4, -0.2) is 0 Å². The van der Waals surface area contributed by atoms with E-state index in [9.17, 15) is 8.78 Å². The summed E-state index contributed by atoms with van der Waals surface area (Å²) in [5, 5.41) is -0.497. The summed E-state index contributed by atoms with van der Waals surface area (Å²) < 4.78 is 27.2. The molecule has 2 rings (SSSR count). The molecule has 1 unspecified atom stereocenters. The average Bonchev–Trinajstić information content (AvgIpc) is 2.31. The molecular formula is C15H12BrClF2. The lowest BCUT2D eigenvalue weighted by Crippen LogP contribution is -2.01. The zero-order chi connectivity index (χ0) is 14.2. The Hall–Kier alpha value is -0.930. The summed E-state index contributed by atoms with van der Waals surface area (Å²) in [7, 11) is 0. The number of hydrogen-bond acceptors (Lipinski definition) is 0. The van der Waals surface area contributed by atoms with Crippen LogP contribution in [0.25, 0.3) is 0 Å². The number of benzene rings is 2. The first-order valence-electron chi connectivity index (χ1n) is 5.76. The summed E-state index contributed by atoms with van der Waals surface area (Å²) in [5.41, 5.74) is 3.01. The van der Waals surface area contributed by atoms with E-state index in [1.54, 1.807) is 26.0 Å². The van der Waals surface area contributed by atoms with E-state index >= 15 is 0 Å². The van der Waals surface area contributed by atoms with Crippen molar-refractivity contribution in [2.24, 2.45) is 0 Å². The molecule has 100 valence electrons. The van der Waals surface area contributed by atoms with Crippen LogP contribution < -0.4 is 0 Å². The minimum atomic E-state index is -0.497. The number of halogens is 4. The van der Waals surface area contributed by atoms with Crippen LogP contribution in [0.3, 0.4) is 0 Å². The molecule has 0 aliphatic carbocycles. The monoisotopic (exact) mass is 344 g/mol. The summed E-state index contributed by atoms with van der Waals surface area (Å²) in [4.78, 5) is 0. The average molecular weight is 346 g/mol. The largest absolute Gasteiger partial charge is 0.207 e. The molecule has 0 aromatic heterocycles. The molecule has 0 aliphatic rings. The molecule has 0 nitrogen and oxygen atoms in total. The van der Waals surface area contributed by atoms with Crippen LogP contribution in [0.2, 0.25) is 0 Å². The van der Waals surface area contributed by atoms with Crippen molar-refractivity contribution < 1.29 is 8.78 Å². The second-order valence-corrected chi connectivity index (χ2v) is 5.78. The third-order valence-electron chi connectivity index (χ3n) is 3.05. The lowest BCUT2D eigenvalue weighted by Gasteiger charge is -2.16. The van der Waals surface area contributed by atoms with Crippen molar-refractivity contribution in [2.45, 2.75) is 19.2 Å². The molecule has 2 aromatic carbocycles. The maximum atomic E-state index is 13.6. The van der Waals surface area contributed by atoms with Gasteiger partial charge in [0.2, 0.25) is 0 Å². The van der Waals surface area contributed by atoms with Gasteiger partial charge in [0.1, 0.15) is 11.6 Å². The minimum Gasteiger partial charge on any atom is -0.207 e. The predicted molar refractivity (Wildman–Crippen MR) is 77.7 cm³/mol. The topological polar surface area (TPSA) is 0 Å². The van der Waals surface area contributed by atoms with Crippen molar-refractivity contribution in [1.29, 1.82) is 0 Å². The van der Waals surface area contributed by atoms with E-state index in [0.717, 1.165) is 16.7 Å². The van der Waals surface area contributed by atoms with Gasteiger partial charge in [-0.15, -0.1) is 11.6 Å². The van der Waals surface area contributed by atoms with Gasteiger partial charge in [-0.2, -0.15) is 0 Å². The smallest absolute Gasteiger partial charge is 0.137 e. The van der Waals surface area contributed by atoms with E-state index in [1.165, 1.54) is 18.2 Å². The fourth-order valence-corrected chi connectivity index (χ4v) is 2.88. The number of aryl methyl sites for hydroxylation is 2. The molecule has 0 heterocycles. The predicted octanol–water partition coefficient (Wildman–Crippen LogP) is 5.67. The van der Waals surface area contributed by atoms with E-state index in [4.69, 9.17) is 11.6 Å². The normalized spacial score (nSPS) is 12.5. The van der Waals surface area contributed by atoms with Gasteiger partial charge in [0.05, 0.1) is 9.85 Å². The minimum absolute atomic E-state index is 0.287. The first kappa shape index (κ1) is 14.5. The van der Waals surface area contributed by atoms with E-state index in [2.05, 4.69) is 15.9 Å². The summed E-state index contributed by atoms with van der Waals surface area (Å²) in [6.45, 7) is 3.60. The van der Waals surface area contributed by atoms with Gasteiger partial charge in [-0.3, -0.25) is 0 Å². The van der Waals surface area contributed by atoms with Crippen LogP contribution in [0.15, 0.2) is 34.8 Å². The van der Waals surface area contributed by atoms with Gasteiger partial charge in [0.25, 0.3) is 0 Å². The highest BCUT2D eigenvalue weighted by molar-refractivity contribution is 9.10. The van der Waals surface area contributed by atoms with Gasteiger partial charge in [-0.05, 0) is 76.3 Å². The summed E-state index contributed by atoms with van der Waals surface area (Å²) in [6, 6.07) is 7.64. The Labute approximate surface area is 124 Å². The quantitative estimate of drug-likeness (QED) is 0.615. The first-order valence-corrected chi connectivity index (χ1v) is 6.98. The summed E-state index contributed by atoms with van der Waals surface area (Å²) in [6.07, 6.45) is 0. The highest BCUT2D eigenvalue weighted by Crippen LogP contribution is 2.35. The van der Waals surface area contributed by atoms with Crippen molar-refractivity contribution in [3.8, 4) is 0 Å². The zero-order valence-corrected chi connectivity index (χ0v) is 12.8. The second kappa shape index (κ2) is 5.59. The Kier molecular flexibility index (Phi) is 4.26. The Bertz CT molecular complexity index is 603. The highest BCUT2D eigenvalue weighted by Gasteiger charge is 2.17. The van der Waals surface area contributed by atoms with Gasteiger partial charge in [-0.1, -0.05) is 6.07 Å². The van der Waals surface area contributed by atoms with Crippen LogP contribution in [-0.2, 0) is 0 Å². The number of rotatable bonds is 2. The van der Waals surface area contributed by atoms with Crippen molar-refractivity contribution in [2.75, 3.05) is 0 Å². The molecule has 4 heteroatoms. The molecule has 0 aliphatic heterocycles. The molecule has 0 spiro atoms. The first-order chi connectivity index (χ1) is 8.90. The molecule has 0 saturated heterocycles. The molecule has 0 fully saturated rings. The standard InChI is InChI=1S/C15H12BrClF2/c1-8-5-11(18)6-9(2)14(8)15(17)10-3-4-12(16)13(19)7-10/h3-7,15H,1-2H3. The fourth-order valence-electron chi connectivity index (χ4n) is 2.16. The molecule has 0 amide bonds. The Morgan fingerprint density at radius 1 is 1.05 bits per heavy atom. The molecular weight excluding hydrogens is 334 g/mol. The Morgan fingerprint density at radius 3 is 2.16 bits per heavy atom. The molecule has 0 N–H and O–H groups in total. The molecule has 0 saturated carbocycles. The third kappa shape index (κ3) is 2.98. The fraction of sp³-hybridized carbons (Fsp3) is 0.200. The summed E-state index contributed by atoms with van der Waals surface area (Å²) in [5.74, 6) is -0.648. The molecule has 0 radical (unpaired) electrons. The number of hydrogen-bond donors (Lipinski definition) is 0. The molecule has 19 heavy (non-hydrogen) atoms. The Balaban J connectivity index is 2.49. The van der Waals surface area contributed by atoms with Gasteiger partial charge >= 0.3 is 0 Å². The third-order valence-corrected chi connectivity index (χ3v) is 4.16. The summed E-state index contributed by atoms with van der Waals surface area (Å²) >= 11 is 9.52. The van der Waals surface area contributed by atoms with E-state index in [-0.39, 0.29) is 11.6 Å². The lowest BCUT2D eigenvalue weighted by molar-refractivity contribution is 0.618. The van der Waals surface area contributed by atoms with Crippen molar-refractivity contribution in [1.82, 2.24) is 0 Å². The van der Waals surface area contributed by atoms with E-state index in [1.807, 2.05) is 0 Å². The van der Waals surface area contributed by atoms with Crippen molar-refractivity contribution in [3.63, 3.8) is 0 Å². The van der Waals surface area contributed by atoms with Crippen LogP contribution >= 0.6 is 27.5 Å². The number of alkyl halides is 1. The van der Waals surface area contributed by atoms with Crippen LogP contribution in [0.4, 0.5) is 8.78 Å². The van der Waals surface area contributed by atoms with Gasteiger partial charge in [0.15, 0.2) is 0 Å². The zero-order valence-electron chi connectivity index (χ0n) is 10.5. The van der Waals surface area contributed by atoms with Crippen LogP contribution in [0.5, 0.6) is 0 Å². The van der Waals surface area contributed by atoms with E-state index in [0.29, 0.717) is 10.0 Å². The van der Waals surface area contributed by atoms with Gasteiger partial charge in [-0.25, -0.2) is 8.78 Å².